The molecule has 0 unspecified atom stereocenters. The van der Waals surface area contributed by atoms with Crippen LogP contribution in [0.2, 0.25) is 0 Å². The first-order chi connectivity index (χ1) is 7.00. The first kappa shape index (κ1) is 11.8. The number of aliphatic carboxylic acids is 1. The van der Waals surface area contributed by atoms with Crippen LogP contribution in [0.25, 0.3) is 0 Å². The Morgan fingerprint density at radius 2 is 2.00 bits per heavy atom. The molecule has 3 nitrogen and oxygen atoms in total. The SMILES string of the molecule is O=C(O)CCC(=O)c1ccc(Br)cc1F. The van der Waals surface area contributed by atoms with Crippen molar-refractivity contribution in [2.75, 3.05) is 0 Å². The van der Waals surface area contributed by atoms with Gasteiger partial charge in [-0.15, -0.1) is 0 Å². The average Bonchev–Trinajstić information content (AvgIpc) is 2.14. The highest BCUT2D eigenvalue weighted by molar-refractivity contribution is 9.10. The summed E-state index contributed by atoms with van der Waals surface area (Å²) < 4.78 is 13.8. The number of halogens is 2. The molecule has 0 atom stereocenters. The third kappa shape index (κ3) is 3.43. The number of hydrogen-bond donors (Lipinski definition) is 1. The quantitative estimate of drug-likeness (QED) is 0.859. The molecule has 0 aliphatic heterocycles. The van der Waals surface area contributed by atoms with Crippen molar-refractivity contribution in [2.24, 2.45) is 0 Å². The van der Waals surface area contributed by atoms with Crippen LogP contribution in [0.5, 0.6) is 0 Å². The molecular weight excluding hydrogens is 267 g/mol. The normalized spacial score (nSPS) is 10.0. The fourth-order valence-electron chi connectivity index (χ4n) is 1.07. The van der Waals surface area contributed by atoms with Crippen LogP contribution < -0.4 is 0 Å². The van der Waals surface area contributed by atoms with Crippen LogP contribution in [-0.4, -0.2) is 16.9 Å². The lowest BCUT2D eigenvalue weighted by Gasteiger charge is -2.01. The third-order valence-electron chi connectivity index (χ3n) is 1.80. The van der Waals surface area contributed by atoms with Gasteiger partial charge in [-0.2, -0.15) is 0 Å². The first-order valence-corrected chi connectivity index (χ1v) is 5.00. The summed E-state index contributed by atoms with van der Waals surface area (Å²) in [7, 11) is 0. The summed E-state index contributed by atoms with van der Waals surface area (Å²) in [6.45, 7) is 0. The summed E-state index contributed by atoms with van der Waals surface area (Å²) in [6.07, 6.45) is -0.470. The summed E-state index contributed by atoms with van der Waals surface area (Å²) in [5.74, 6) is -2.21. The van der Waals surface area contributed by atoms with E-state index in [-0.39, 0.29) is 18.4 Å². The molecule has 1 rings (SSSR count). The maximum atomic E-state index is 13.2. The molecule has 0 spiro atoms. The van der Waals surface area contributed by atoms with Gasteiger partial charge in [0.1, 0.15) is 5.82 Å². The van der Waals surface area contributed by atoms with Gasteiger partial charge in [-0.1, -0.05) is 15.9 Å². The summed E-state index contributed by atoms with van der Waals surface area (Å²) in [4.78, 5) is 21.6. The monoisotopic (exact) mass is 274 g/mol. The minimum Gasteiger partial charge on any atom is -0.481 e. The van der Waals surface area contributed by atoms with Gasteiger partial charge in [0.2, 0.25) is 0 Å². The molecule has 1 N–H and O–H groups in total. The predicted molar refractivity (Wildman–Crippen MR) is 55.3 cm³/mol. The molecular formula is C10H8BrFO3. The van der Waals surface area contributed by atoms with Crippen molar-refractivity contribution < 1.29 is 19.1 Å². The minimum atomic E-state index is -1.07. The molecule has 0 amide bonds. The van der Waals surface area contributed by atoms with E-state index in [4.69, 9.17) is 5.11 Å². The van der Waals surface area contributed by atoms with Gasteiger partial charge in [-0.25, -0.2) is 4.39 Å². The first-order valence-electron chi connectivity index (χ1n) is 4.20. The van der Waals surface area contributed by atoms with Crippen molar-refractivity contribution in [3.63, 3.8) is 0 Å². The summed E-state index contributed by atoms with van der Waals surface area (Å²) in [5.41, 5.74) is -0.0700. The number of benzene rings is 1. The summed E-state index contributed by atoms with van der Waals surface area (Å²) in [6, 6.07) is 4.05. The molecule has 0 radical (unpaired) electrons. The van der Waals surface area contributed by atoms with Crippen molar-refractivity contribution in [2.45, 2.75) is 12.8 Å². The van der Waals surface area contributed by atoms with E-state index < -0.39 is 17.6 Å². The van der Waals surface area contributed by atoms with Gasteiger partial charge < -0.3 is 5.11 Å². The van der Waals surface area contributed by atoms with Gasteiger partial charge in [0.25, 0.3) is 0 Å². The lowest BCUT2D eigenvalue weighted by molar-refractivity contribution is -0.136. The van der Waals surface area contributed by atoms with Gasteiger partial charge in [0, 0.05) is 10.9 Å². The van der Waals surface area contributed by atoms with Crippen LogP contribution in [0.15, 0.2) is 22.7 Å². The number of carboxylic acid groups (broad SMARTS) is 1. The van der Waals surface area contributed by atoms with Gasteiger partial charge >= 0.3 is 5.97 Å². The zero-order chi connectivity index (χ0) is 11.4. The Labute approximate surface area is 94.0 Å². The Balaban J connectivity index is 2.78. The minimum absolute atomic E-state index is 0.0700. The molecule has 0 aromatic heterocycles. The van der Waals surface area contributed by atoms with Crippen LogP contribution in [0.4, 0.5) is 4.39 Å². The summed E-state index contributed by atoms with van der Waals surface area (Å²) in [5, 5.41) is 8.37. The molecule has 0 aliphatic carbocycles. The maximum absolute atomic E-state index is 13.2. The highest BCUT2D eigenvalue weighted by Crippen LogP contribution is 2.17. The van der Waals surface area contributed by atoms with Crippen molar-refractivity contribution in [1.29, 1.82) is 0 Å². The highest BCUT2D eigenvalue weighted by atomic mass is 79.9. The van der Waals surface area contributed by atoms with Crippen LogP contribution in [0, 0.1) is 5.82 Å². The van der Waals surface area contributed by atoms with Crippen LogP contribution in [0.1, 0.15) is 23.2 Å². The molecule has 1 aromatic carbocycles. The van der Waals surface area contributed by atoms with Crippen molar-refractivity contribution in [3.8, 4) is 0 Å². The van der Waals surface area contributed by atoms with Crippen LogP contribution in [-0.2, 0) is 4.79 Å². The van der Waals surface area contributed by atoms with E-state index in [2.05, 4.69) is 15.9 Å². The number of ketones is 1. The highest BCUT2D eigenvalue weighted by Gasteiger charge is 2.12. The number of carboxylic acids is 1. The number of rotatable bonds is 4. The van der Waals surface area contributed by atoms with Gasteiger partial charge in [-0.05, 0) is 18.2 Å². The van der Waals surface area contributed by atoms with Crippen molar-refractivity contribution in [1.82, 2.24) is 0 Å². The second kappa shape index (κ2) is 5.02. The van der Waals surface area contributed by atoms with Crippen LogP contribution in [0.3, 0.4) is 0 Å². The lowest BCUT2D eigenvalue weighted by atomic mass is 10.1. The average molecular weight is 275 g/mol. The van der Waals surface area contributed by atoms with Gasteiger partial charge in [0.15, 0.2) is 5.78 Å². The molecule has 5 heteroatoms. The topological polar surface area (TPSA) is 54.4 Å². The van der Waals surface area contributed by atoms with E-state index in [1.54, 1.807) is 0 Å². The zero-order valence-corrected chi connectivity index (χ0v) is 9.25. The molecule has 0 bridgehead atoms. The Bertz CT molecular complexity index is 404. The van der Waals surface area contributed by atoms with E-state index in [1.165, 1.54) is 18.2 Å². The van der Waals surface area contributed by atoms with Crippen molar-refractivity contribution in [3.05, 3.63) is 34.1 Å². The Morgan fingerprint density at radius 1 is 1.33 bits per heavy atom. The molecule has 0 aliphatic rings. The maximum Gasteiger partial charge on any atom is 0.303 e. The smallest absolute Gasteiger partial charge is 0.303 e. The van der Waals surface area contributed by atoms with E-state index in [9.17, 15) is 14.0 Å². The standard InChI is InChI=1S/C10H8BrFO3/c11-6-1-2-7(8(12)5-6)9(13)3-4-10(14)15/h1-2,5H,3-4H2,(H,14,15). The molecule has 80 valence electrons. The third-order valence-corrected chi connectivity index (χ3v) is 2.29. The summed E-state index contributed by atoms with van der Waals surface area (Å²) >= 11 is 3.06. The number of carbonyl (C=O) groups is 2. The molecule has 1 aromatic rings. The second-order valence-corrected chi connectivity index (χ2v) is 3.86. The van der Waals surface area contributed by atoms with E-state index in [1.807, 2.05) is 0 Å². The number of Topliss-reactive ketones (excluding diaryl/α,β-unsaturated/α-hetero) is 1. The lowest BCUT2D eigenvalue weighted by Crippen LogP contribution is -2.05. The molecule has 0 heterocycles. The molecule has 0 saturated carbocycles. The van der Waals surface area contributed by atoms with Crippen LogP contribution >= 0.6 is 15.9 Å². The second-order valence-electron chi connectivity index (χ2n) is 2.94. The largest absolute Gasteiger partial charge is 0.481 e. The molecule has 15 heavy (non-hydrogen) atoms. The van der Waals surface area contributed by atoms with E-state index >= 15 is 0 Å². The molecule has 0 fully saturated rings. The number of carbonyl (C=O) groups excluding carboxylic acids is 1. The van der Waals surface area contributed by atoms with Gasteiger partial charge in [0.05, 0.1) is 12.0 Å². The predicted octanol–water partition coefficient (Wildman–Crippen LogP) is 2.64. The fourth-order valence-corrected chi connectivity index (χ4v) is 1.40. The Kier molecular flexibility index (Phi) is 3.96. The fraction of sp³-hybridized carbons (Fsp3) is 0.200. The van der Waals surface area contributed by atoms with E-state index in [0.717, 1.165) is 0 Å². The Hall–Kier alpha value is -1.23. The van der Waals surface area contributed by atoms with Crippen molar-refractivity contribution >= 4 is 27.7 Å². The van der Waals surface area contributed by atoms with E-state index in [0.29, 0.717) is 4.47 Å². The van der Waals surface area contributed by atoms with Gasteiger partial charge in [-0.3, -0.25) is 9.59 Å². The molecule has 0 saturated heterocycles. The zero-order valence-electron chi connectivity index (χ0n) is 7.67. The number of hydrogen-bond acceptors (Lipinski definition) is 2. The Morgan fingerprint density at radius 3 is 2.53 bits per heavy atom.